The predicted molar refractivity (Wildman–Crippen MR) is 130 cm³/mol. The van der Waals surface area contributed by atoms with Gasteiger partial charge in [-0.3, -0.25) is 9.59 Å². The lowest BCUT2D eigenvalue weighted by molar-refractivity contribution is -0.121. The van der Waals surface area contributed by atoms with Crippen molar-refractivity contribution in [1.29, 1.82) is 0 Å². The standard InChI is InChI=1S/C25H25N3O4S/c1-2-32-25(31)22-15-9-3-4-12-19(15)33-24(22)28-20(29)13-18-23(30)27-17-11-6-8-14-7-5-10-16(26-18)21(14)17/h5-8,10-11,18,26H,2-4,9,12-13H2,1H3,(H,27,30)(H,28,29)/t18-/m0/s1. The van der Waals surface area contributed by atoms with E-state index in [1.54, 1.807) is 6.92 Å². The molecule has 5 rings (SSSR count). The molecule has 2 heterocycles. The number of aryl methyl sites for hydroxylation is 1. The van der Waals surface area contributed by atoms with E-state index >= 15 is 0 Å². The van der Waals surface area contributed by atoms with Gasteiger partial charge in [0, 0.05) is 16.0 Å². The molecule has 0 unspecified atom stereocenters. The number of ether oxygens (including phenoxy) is 1. The van der Waals surface area contributed by atoms with E-state index in [2.05, 4.69) is 16.0 Å². The molecule has 3 N–H and O–H groups in total. The Morgan fingerprint density at radius 3 is 2.67 bits per heavy atom. The highest BCUT2D eigenvalue weighted by atomic mass is 32.1. The zero-order chi connectivity index (χ0) is 22.9. The first-order chi connectivity index (χ1) is 16.0. The zero-order valence-electron chi connectivity index (χ0n) is 18.3. The van der Waals surface area contributed by atoms with E-state index in [0.29, 0.717) is 10.6 Å². The first-order valence-electron chi connectivity index (χ1n) is 11.3. The maximum absolute atomic E-state index is 13.0. The molecule has 0 saturated carbocycles. The van der Waals surface area contributed by atoms with Crippen molar-refractivity contribution >= 4 is 56.3 Å². The summed E-state index contributed by atoms with van der Waals surface area (Å²) < 4.78 is 5.27. The lowest BCUT2D eigenvalue weighted by Crippen LogP contribution is -2.36. The number of hydrogen-bond donors (Lipinski definition) is 3. The summed E-state index contributed by atoms with van der Waals surface area (Å²) in [6.07, 6.45) is 3.73. The van der Waals surface area contributed by atoms with Crippen LogP contribution in [0.1, 0.15) is 47.0 Å². The van der Waals surface area contributed by atoms with Crippen LogP contribution in [0.15, 0.2) is 36.4 Å². The number of carbonyl (C=O) groups excluding carboxylic acids is 3. The van der Waals surface area contributed by atoms with E-state index in [9.17, 15) is 14.4 Å². The quantitative estimate of drug-likeness (QED) is 0.476. The molecule has 2 aliphatic rings. The number of thiophene rings is 1. The fourth-order valence-electron chi connectivity index (χ4n) is 4.62. The molecule has 1 atom stereocenters. The van der Waals surface area contributed by atoms with Gasteiger partial charge in [-0.25, -0.2) is 4.79 Å². The molecule has 3 aromatic rings. The van der Waals surface area contributed by atoms with Crippen LogP contribution in [0.3, 0.4) is 0 Å². The summed E-state index contributed by atoms with van der Waals surface area (Å²) in [6.45, 7) is 2.04. The normalized spacial score (nSPS) is 16.9. The molecular weight excluding hydrogens is 438 g/mol. The van der Waals surface area contributed by atoms with Gasteiger partial charge in [-0.05, 0) is 55.7 Å². The number of fused-ring (bicyclic) bond motifs is 1. The Morgan fingerprint density at radius 1 is 1.12 bits per heavy atom. The maximum Gasteiger partial charge on any atom is 0.341 e. The minimum atomic E-state index is -0.747. The van der Waals surface area contributed by atoms with Crippen molar-refractivity contribution < 1.29 is 19.1 Å². The van der Waals surface area contributed by atoms with E-state index in [4.69, 9.17) is 4.74 Å². The molecule has 2 amide bonds. The van der Waals surface area contributed by atoms with Gasteiger partial charge >= 0.3 is 5.97 Å². The second-order valence-electron chi connectivity index (χ2n) is 8.28. The van der Waals surface area contributed by atoms with Gasteiger partial charge in [0.2, 0.25) is 11.8 Å². The summed E-state index contributed by atoms with van der Waals surface area (Å²) >= 11 is 1.44. The van der Waals surface area contributed by atoms with Crippen LogP contribution < -0.4 is 16.0 Å². The second-order valence-corrected chi connectivity index (χ2v) is 9.39. The van der Waals surface area contributed by atoms with Gasteiger partial charge in [0.25, 0.3) is 0 Å². The number of anilines is 3. The highest BCUT2D eigenvalue weighted by molar-refractivity contribution is 7.17. The van der Waals surface area contributed by atoms with Crippen molar-refractivity contribution in [3.05, 3.63) is 52.4 Å². The largest absolute Gasteiger partial charge is 0.462 e. The molecule has 8 heteroatoms. The third-order valence-electron chi connectivity index (χ3n) is 6.10. The molecular formula is C25H25N3O4S. The van der Waals surface area contributed by atoms with Crippen molar-refractivity contribution in [3.63, 3.8) is 0 Å². The van der Waals surface area contributed by atoms with E-state index in [-0.39, 0.29) is 24.8 Å². The van der Waals surface area contributed by atoms with Crippen molar-refractivity contribution in [3.8, 4) is 0 Å². The van der Waals surface area contributed by atoms with Crippen molar-refractivity contribution in [2.24, 2.45) is 0 Å². The summed E-state index contributed by atoms with van der Waals surface area (Å²) in [5.41, 5.74) is 2.99. The number of hydrogen-bond acceptors (Lipinski definition) is 6. The van der Waals surface area contributed by atoms with Crippen LogP contribution in [0.25, 0.3) is 10.8 Å². The molecule has 0 bridgehead atoms. The lowest BCUT2D eigenvalue weighted by atomic mass is 9.95. The maximum atomic E-state index is 13.0. The first kappa shape index (κ1) is 21.5. The predicted octanol–water partition coefficient (Wildman–Crippen LogP) is 4.72. The minimum absolute atomic E-state index is 0.0684. The summed E-state index contributed by atoms with van der Waals surface area (Å²) in [4.78, 5) is 39.7. The van der Waals surface area contributed by atoms with Gasteiger partial charge in [0.05, 0.1) is 24.3 Å². The molecule has 0 saturated heterocycles. The summed E-state index contributed by atoms with van der Waals surface area (Å²) in [6, 6.07) is 10.8. The van der Waals surface area contributed by atoms with Gasteiger partial charge in [0.15, 0.2) is 0 Å². The third-order valence-corrected chi connectivity index (χ3v) is 7.31. The topological polar surface area (TPSA) is 96.5 Å². The highest BCUT2D eigenvalue weighted by Gasteiger charge is 2.30. The molecule has 0 fully saturated rings. The average Bonchev–Trinajstić information content (AvgIpc) is 3.10. The highest BCUT2D eigenvalue weighted by Crippen LogP contribution is 2.39. The van der Waals surface area contributed by atoms with Crippen LogP contribution in [-0.4, -0.2) is 30.4 Å². The Morgan fingerprint density at radius 2 is 1.88 bits per heavy atom. The monoisotopic (exact) mass is 463 g/mol. The molecule has 7 nitrogen and oxygen atoms in total. The fraction of sp³-hybridized carbons (Fsp3) is 0.320. The number of benzene rings is 2. The molecule has 0 radical (unpaired) electrons. The number of carbonyl (C=O) groups is 3. The van der Waals surface area contributed by atoms with E-state index < -0.39 is 12.0 Å². The molecule has 1 aliphatic carbocycles. The van der Waals surface area contributed by atoms with Crippen molar-refractivity contribution in [2.75, 3.05) is 22.6 Å². The smallest absolute Gasteiger partial charge is 0.341 e. The van der Waals surface area contributed by atoms with Gasteiger partial charge in [0.1, 0.15) is 11.0 Å². The van der Waals surface area contributed by atoms with Crippen LogP contribution in [0.4, 0.5) is 16.4 Å². The van der Waals surface area contributed by atoms with E-state index in [1.165, 1.54) is 11.3 Å². The van der Waals surface area contributed by atoms with Crippen LogP contribution in [0, 0.1) is 0 Å². The minimum Gasteiger partial charge on any atom is -0.462 e. The summed E-state index contributed by atoms with van der Waals surface area (Å²) in [5, 5.41) is 11.5. The van der Waals surface area contributed by atoms with Gasteiger partial charge < -0.3 is 20.7 Å². The van der Waals surface area contributed by atoms with Crippen LogP contribution >= 0.6 is 11.3 Å². The third kappa shape index (κ3) is 4.06. The SMILES string of the molecule is CCOC(=O)c1c(NC(=O)C[C@@H]2Nc3cccc4cccc(c34)NC2=O)sc2c1CCCC2. The van der Waals surface area contributed by atoms with Crippen molar-refractivity contribution in [2.45, 2.75) is 45.1 Å². The van der Waals surface area contributed by atoms with Crippen LogP contribution in [0.5, 0.6) is 0 Å². The number of amides is 2. The van der Waals surface area contributed by atoms with E-state index in [1.807, 2.05) is 36.4 Å². The Hall–Kier alpha value is -3.39. The summed E-state index contributed by atoms with van der Waals surface area (Å²) in [7, 11) is 0. The first-order valence-corrected chi connectivity index (χ1v) is 12.1. The van der Waals surface area contributed by atoms with Crippen molar-refractivity contribution in [1.82, 2.24) is 0 Å². The van der Waals surface area contributed by atoms with Gasteiger partial charge in [-0.15, -0.1) is 11.3 Å². The fourth-order valence-corrected chi connectivity index (χ4v) is 5.91. The Kier molecular flexibility index (Phi) is 5.76. The molecule has 1 aliphatic heterocycles. The zero-order valence-corrected chi connectivity index (χ0v) is 19.1. The van der Waals surface area contributed by atoms with Gasteiger partial charge in [-0.1, -0.05) is 24.3 Å². The lowest BCUT2D eigenvalue weighted by Gasteiger charge is -2.16. The Labute approximate surface area is 195 Å². The molecule has 2 aromatic carbocycles. The van der Waals surface area contributed by atoms with Gasteiger partial charge in [-0.2, -0.15) is 0 Å². The summed E-state index contributed by atoms with van der Waals surface area (Å²) in [5.74, 6) is -1.01. The number of esters is 1. The van der Waals surface area contributed by atoms with E-state index in [0.717, 1.165) is 58.3 Å². The molecule has 33 heavy (non-hydrogen) atoms. The molecule has 170 valence electrons. The molecule has 0 spiro atoms. The molecule has 1 aromatic heterocycles. The van der Waals surface area contributed by atoms with Crippen LogP contribution in [-0.2, 0) is 27.2 Å². The second kappa shape index (κ2) is 8.86. The average molecular weight is 464 g/mol. The number of rotatable bonds is 5. The Bertz CT molecular complexity index is 1260. The van der Waals surface area contributed by atoms with Crippen LogP contribution in [0.2, 0.25) is 0 Å². The number of nitrogens with one attached hydrogen (secondary N) is 3. The Balaban J connectivity index is 1.38.